The Bertz CT molecular complexity index is 175. The van der Waals surface area contributed by atoms with Gasteiger partial charge in [0.25, 0.3) is 0 Å². The normalized spacial score (nSPS) is 12.1. The molecule has 70 valence electrons. The van der Waals surface area contributed by atoms with Crippen LogP contribution in [0.4, 0.5) is 0 Å². The Balaban J connectivity index is 4.04. The van der Waals surface area contributed by atoms with Gasteiger partial charge in [0.15, 0.2) is 5.96 Å². The van der Waals surface area contributed by atoms with E-state index in [4.69, 9.17) is 16.6 Å². The van der Waals surface area contributed by atoms with Crippen LogP contribution in [0, 0.1) is 0 Å². The molecule has 0 aromatic rings. The lowest BCUT2D eigenvalue weighted by atomic mass is 10.1. The van der Waals surface area contributed by atoms with Gasteiger partial charge in [0, 0.05) is 0 Å². The lowest BCUT2D eigenvalue weighted by Gasteiger charge is -2.07. The van der Waals surface area contributed by atoms with E-state index in [9.17, 15) is 4.79 Å². The second kappa shape index (κ2) is 5.40. The van der Waals surface area contributed by atoms with Crippen LogP contribution in [0.3, 0.4) is 0 Å². The van der Waals surface area contributed by atoms with E-state index in [2.05, 4.69) is 4.99 Å². The van der Waals surface area contributed by atoms with E-state index in [1.165, 1.54) is 0 Å². The average Bonchev–Trinajstić information content (AvgIpc) is 1.84. The first kappa shape index (κ1) is 10.7. The molecule has 0 spiro atoms. The molecule has 0 saturated carbocycles. The van der Waals surface area contributed by atoms with Crippen molar-refractivity contribution in [3.8, 4) is 0 Å². The minimum absolute atomic E-state index is 0.00819. The van der Waals surface area contributed by atoms with Gasteiger partial charge in [0.05, 0.1) is 12.5 Å². The first-order valence-electron chi connectivity index (χ1n) is 3.86. The van der Waals surface area contributed by atoms with Crippen LogP contribution in [0.15, 0.2) is 4.99 Å². The smallest absolute Gasteiger partial charge is 0.305 e. The third kappa shape index (κ3) is 5.52. The summed E-state index contributed by atoms with van der Waals surface area (Å²) >= 11 is 0. The van der Waals surface area contributed by atoms with Crippen molar-refractivity contribution >= 4 is 11.9 Å². The van der Waals surface area contributed by atoms with Crippen LogP contribution in [0.1, 0.15) is 26.2 Å². The Morgan fingerprint density at radius 3 is 2.50 bits per heavy atom. The molecule has 0 aliphatic rings. The van der Waals surface area contributed by atoms with Crippen molar-refractivity contribution in [2.75, 3.05) is 0 Å². The molecule has 5 N–H and O–H groups in total. The monoisotopic (exact) mass is 173 g/mol. The Kier molecular flexibility index (Phi) is 4.83. The predicted octanol–water partition coefficient (Wildman–Crippen LogP) is -0.0968. The minimum atomic E-state index is -0.876. The predicted molar refractivity (Wildman–Crippen MR) is 46.8 cm³/mol. The number of carboxylic acids is 1. The Morgan fingerprint density at radius 2 is 2.17 bits per heavy atom. The van der Waals surface area contributed by atoms with Crippen LogP contribution < -0.4 is 11.5 Å². The highest BCUT2D eigenvalue weighted by Gasteiger charge is 2.10. The lowest BCUT2D eigenvalue weighted by molar-refractivity contribution is -0.137. The fourth-order valence-corrected chi connectivity index (χ4v) is 0.958. The van der Waals surface area contributed by atoms with Crippen LogP contribution in [0.5, 0.6) is 0 Å². The van der Waals surface area contributed by atoms with Gasteiger partial charge in [-0.25, -0.2) is 4.99 Å². The number of carbonyl (C=O) groups is 1. The van der Waals surface area contributed by atoms with E-state index >= 15 is 0 Å². The van der Waals surface area contributed by atoms with Gasteiger partial charge in [-0.2, -0.15) is 0 Å². The number of guanidine groups is 1. The highest BCUT2D eigenvalue weighted by Crippen LogP contribution is 2.05. The van der Waals surface area contributed by atoms with Crippen LogP contribution in [0.25, 0.3) is 0 Å². The van der Waals surface area contributed by atoms with Crippen molar-refractivity contribution in [2.24, 2.45) is 16.5 Å². The third-order valence-corrected chi connectivity index (χ3v) is 1.36. The van der Waals surface area contributed by atoms with Gasteiger partial charge in [-0.3, -0.25) is 4.79 Å². The van der Waals surface area contributed by atoms with Gasteiger partial charge in [0.1, 0.15) is 0 Å². The zero-order chi connectivity index (χ0) is 9.56. The van der Waals surface area contributed by atoms with Crippen LogP contribution in [-0.4, -0.2) is 23.1 Å². The molecular weight excluding hydrogens is 158 g/mol. The summed E-state index contributed by atoms with van der Waals surface area (Å²) in [6.45, 7) is 1.96. The second-order valence-electron chi connectivity index (χ2n) is 2.59. The molecule has 1 atom stereocenters. The Hall–Kier alpha value is -1.26. The number of rotatable bonds is 5. The summed E-state index contributed by atoms with van der Waals surface area (Å²) < 4.78 is 0. The van der Waals surface area contributed by atoms with Crippen molar-refractivity contribution in [1.29, 1.82) is 0 Å². The molecule has 0 aromatic carbocycles. The Morgan fingerprint density at radius 1 is 1.58 bits per heavy atom. The summed E-state index contributed by atoms with van der Waals surface area (Å²) in [5.74, 6) is -0.923. The molecule has 5 heteroatoms. The number of nitrogens with two attached hydrogens (primary N) is 2. The van der Waals surface area contributed by atoms with Gasteiger partial charge < -0.3 is 16.6 Å². The maximum Gasteiger partial charge on any atom is 0.305 e. The molecular formula is C7H15N3O2. The summed E-state index contributed by atoms with van der Waals surface area (Å²) in [4.78, 5) is 14.1. The topological polar surface area (TPSA) is 102 Å². The minimum Gasteiger partial charge on any atom is -0.481 e. The fourth-order valence-electron chi connectivity index (χ4n) is 0.958. The van der Waals surface area contributed by atoms with Crippen molar-refractivity contribution in [2.45, 2.75) is 32.2 Å². The van der Waals surface area contributed by atoms with Crippen molar-refractivity contribution in [3.63, 3.8) is 0 Å². The number of nitrogens with zero attached hydrogens (tertiary/aromatic N) is 1. The quantitative estimate of drug-likeness (QED) is 0.399. The molecule has 0 saturated heterocycles. The van der Waals surface area contributed by atoms with E-state index in [1.807, 2.05) is 6.92 Å². The van der Waals surface area contributed by atoms with Gasteiger partial charge in [-0.05, 0) is 6.42 Å². The van der Waals surface area contributed by atoms with Gasteiger partial charge >= 0.3 is 5.97 Å². The van der Waals surface area contributed by atoms with Crippen molar-refractivity contribution < 1.29 is 9.90 Å². The summed E-state index contributed by atoms with van der Waals surface area (Å²) in [7, 11) is 0. The number of aliphatic carboxylic acids is 1. The molecule has 0 bridgehead atoms. The fraction of sp³-hybridized carbons (Fsp3) is 0.714. The molecule has 0 radical (unpaired) electrons. The SMILES string of the molecule is CCCC(CC(=O)O)N=C(N)N. The maximum atomic E-state index is 10.3. The van der Waals surface area contributed by atoms with Gasteiger partial charge in [-0.1, -0.05) is 13.3 Å². The molecule has 0 heterocycles. The number of hydrogen-bond donors (Lipinski definition) is 3. The summed E-state index contributed by atoms with van der Waals surface area (Å²) in [6, 6.07) is -0.280. The number of hydrogen-bond acceptors (Lipinski definition) is 2. The second-order valence-corrected chi connectivity index (χ2v) is 2.59. The molecule has 0 rings (SSSR count). The summed E-state index contributed by atoms with van der Waals surface area (Å²) in [5, 5.41) is 8.47. The molecule has 0 amide bonds. The molecule has 12 heavy (non-hydrogen) atoms. The average molecular weight is 173 g/mol. The molecule has 1 unspecified atom stereocenters. The van der Waals surface area contributed by atoms with E-state index < -0.39 is 5.97 Å². The van der Waals surface area contributed by atoms with Crippen molar-refractivity contribution in [1.82, 2.24) is 0 Å². The van der Waals surface area contributed by atoms with E-state index in [-0.39, 0.29) is 18.4 Å². The molecule has 0 fully saturated rings. The number of carboxylic acid groups (broad SMARTS) is 1. The zero-order valence-electron chi connectivity index (χ0n) is 7.16. The van der Waals surface area contributed by atoms with Gasteiger partial charge in [0.2, 0.25) is 0 Å². The van der Waals surface area contributed by atoms with Crippen LogP contribution in [-0.2, 0) is 4.79 Å². The third-order valence-electron chi connectivity index (χ3n) is 1.36. The molecule has 0 aromatic heterocycles. The maximum absolute atomic E-state index is 10.3. The number of aliphatic imine (C=N–C) groups is 1. The zero-order valence-corrected chi connectivity index (χ0v) is 7.16. The van der Waals surface area contributed by atoms with Crippen molar-refractivity contribution in [3.05, 3.63) is 0 Å². The van der Waals surface area contributed by atoms with E-state index in [0.717, 1.165) is 6.42 Å². The van der Waals surface area contributed by atoms with Crippen LogP contribution >= 0.6 is 0 Å². The Labute approximate surface area is 71.5 Å². The molecule has 5 nitrogen and oxygen atoms in total. The molecule has 0 aliphatic heterocycles. The van der Waals surface area contributed by atoms with E-state index in [1.54, 1.807) is 0 Å². The lowest BCUT2D eigenvalue weighted by Crippen LogP contribution is -2.26. The van der Waals surface area contributed by atoms with E-state index in [0.29, 0.717) is 6.42 Å². The first-order chi connectivity index (χ1) is 5.56. The summed E-state index contributed by atoms with van der Waals surface area (Å²) in [6.07, 6.45) is 1.56. The van der Waals surface area contributed by atoms with Gasteiger partial charge in [-0.15, -0.1) is 0 Å². The highest BCUT2D eigenvalue weighted by molar-refractivity contribution is 5.76. The standard InChI is InChI=1S/C7H15N3O2/c1-2-3-5(4-6(11)12)10-7(8)9/h5H,2-4H2,1H3,(H,11,12)(H4,8,9,10). The van der Waals surface area contributed by atoms with Crippen LogP contribution in [0.2, 0.25) is 0 Å². The molecule has 0 aliphatic carbocycles. The first-order valence-corrected chi connectivity index (χ1v) is 3.86. The highest BCUT2D eigenvalue weighted by atomic mass is 16.4. The largest absolute Gasteiger partial charge is 0.481 e. The summed E-state index contributed by atoms with van der Waals surface area (Å²) in [5.41, 5.74) is 10.3.